The van der Waals surface area contributed by atoms with Crippen molar-refractivity contribution >= 4 is 56.9 Å². The Balaban J connectivity index is 2.32. The van der Waals surface area contributed by atoms with E-state index in [0.717, 1.165) is 20.4 Å². The second kappa shape index (κ2) is 6.47. The molecule has 1 amide bonds. The van der Waals surface area contributed by atoms with E-state index < -0.39 is 17.9 Å². The largest absolute Gasteiger partial charge is 0.548 e. The van der Waals surface area contributed by atoms with Crippen molar-refractivity contribution < 1.29 is 19.8 Å². The number of hydrogen-bond acceptors (Lipinski definition) is 6. The first-order valence-electron chi connectivity index (χ1n) is 7.30. The molecule has 6 nitrogen and oxygen atoms in total. The molecule has 0 saturated carbocycles. The van der Waals surface area contributed by atoms with E-state index in [-0.39, 0.29) is 26.2 Å². The normalized spacial score (nSPS) is 14.6. The van der Waals surface area contributed by atoms with Gasteiger partial charge in [-0.2, -0.15) is 0 Å². The lowest BCUT2D eigenvalue weighted by Gasteiger charge is -2.24. The quantitative estimate of drug-likeness (QED) is 0.718. The number of rotatable bonds is 4. The number of halogens is 1. The van der Waals surface area contributed by atoms with E-state index in [4.69, 9.17) is 12.2 Å². The molecule has 0 fully saturated rings. The molecule has 1 N–H and O–H groups in total. The van der Waals surface area contributed by atoms with Gasteiger partial charge in [-0.1, -0.05) is 29.8 Å². The van der Waals surface area contributed by atoms with Crippen LogP contribution in [0.5, 0.6) is 5.88 Å². The lowest BCUT2D eigenvalue weighted by molar-refractivity contribution is -0.311. The summed E-state index contributed by atoms with van der Waals surface area (Å²) in [7, 11) is 0. The van der Waals surface area contributed by atoms with E-state index in [9.17, 15) is 19.8 Å². The molecule has 1 atom stereocenters. The van der Waals surface area contributed by atoms with Gasteiger partial charge in [-0.15, -0.1) is 11.3 Å². The van der Waals surface area contributed by atoms with Gasteiger partial charge in [-0.05, 0) is 36.3 Å². The van der Waals surface area contributed by atoms with E-state index in [1.54, 1.807) is 32.0 Å². The van der Waals surface area contributed by atoms with Crippen LogP contribution in [-0.2, 0) is 9.59 Å². The Kier molecular flexibility index (Phi) is 4.65. The number of carboxylic acids is 1. The van der Waals surface area contributed by atoms with Gasteiger partial charge in [0.25, 0.3) is 5.91 Å². The Bertz CT molecular complexity index is 1080. The number of thiazole rings is 1. The van der Waals surface area contributed by atoms with Crippen molar-refractivity contribution in [2.45, 2.75) is 19.9 Å². The van der Waals surface area contributed by atoms with Crippen molar-refractivity contribution in [2.24, 2.45) is 10.9 Å². The van der Waals surface area contributed by atoms with E-state index in [2.05, 4.69) is 20.9 Å². The number of benzene rings is 1. The summed E-state index contributed by atoms with van der Waals surface area (Å²) < 4.78 is 2.04. The molecular formula is C16H12BrN2O4S2-. The summed E-state index contributed by atoms with van der Waals surface area (Å²) >= 11 is 9.56. The van der Waals surface area contributed by atoms with Gasteiger partial charge in [-0.3, -0.25) is 9.36 Å². The molecule has 0 radical (unpaired) electrons. The highest BCUT2D eigenvalue weighted by molar-refractivity contribution is 9.10. The van der Waals surface area contributed by atoms with Crippen molar-refractivity contribution in [1.82, 2.24) is 4.57 Å². The van der Waals surface area contributed by atoms with Crippen LogP contribution in [0.1, 0.15) is 24.8 Å². The first-order chi connectivity index (χ1) is 11.7. The van der Waals surface area contributed by atoms with Crippen LogP contribution in [0.3, 0.4) is 0 Å². The van der Waals surface area contributed by atoms with Crippen molar-refractivity contribution in [2.75, 3.05) is 0 Å². The highest BCUT2D eigenvalue weighted by atomic mass is 79.9. The van der Waals surface area contributed by atoms with Gasteiger partial charge in [0.1, 0.15) is 4.88 Å². The van der Waals surface area contributed by atoms with Gasteiger partial charge in [0.15, 0.2) is 3.95 Å². The van der Waals surface area contributed by atoms with E-state index in [0.29, 0.717) is 10.6 Å². The van der Waals surface area contributed by atoms with Crippen LogP contribution in [0.15, 0.2) is 27.7 Å². The first-order valence-corrected chi connectivity index (χ1v) is 9.32. The van der Waals surface area contributed by atoms with Crippen molar-refractivity contribution in [3.05, 3.63) is 42.1 Å². The molecule has 2 aromatic rings. The Hall–Kier alpha value is -1.84. The Morgan fingerprint density at radius 3 is 2.72 bits per heavy atom. The fraction of sp³-hybridized carbons (Fsp3) is 0.250. The minimum Gasteiger partial charge on any atom is -0.548 e. The number of aromatic nitrogens is 1. The van der Waals surface area contributed by atoms with Gasteiger partial charge >= 0.3 is 0 Å². The van der Waals surface area contributed by atoms with Crippen molar-refractivity contribution in [3.63, 3.8) is 0 Å². The van der Waals surface area contributed by atoms with Crippen LogP contribution < -0.4 is 15.7 Å². The number of carboxylic acid groups (broad SMARTS) is 1. The Labute approximate surface area is 159 Å². The lowest BCUT2D eigenvalue weighted by atomic mass is 10.0. The Morgan fingerprint density at radius 2 is 2.12 bits per heavy atom. The summed E-state index contributed by atoms with van der Waals surface area (Å²) in [6, 6.07) is 4.05. The fourth-order valence-electron chi connectivity index (χ4n) is 2.77. The number of amides is 1. The van der Waals surface area contributed by atoms with Gasteiger partial charge in [0.2, 0.25) is 5.88 Å². The van der Waals surface area contributed by atoms with Crippen molar-refractivity contribution in [1.29, 1.82) is 0 Å². The van der Waals surface area contributed by atoms with E-state index >= 15 is 0 Å². The maximum Gasteiger partial charge on any atom is 0.279 e. The predicted octanol–water partition coefficient (Wildman–Crippen LogP) is 1.05. The molecule has 25 heavy (non-hydrogen) atoms. The third kappa shape index (κ3) is 2.96. The lowest BCUT2D eigenvalue weighted by Crippen LogP contribution is -2.36. The fourth-order valence-corrected chi connectivity index (χ4v) is 4.54. The monoisotopic (exact) mass is 439 g/mol. The maximum absolute atomic E-state index is 12.4. The highest BCUT2D eigenvalue weighted by Crippen LogP contribution is 2.36. The SMILES string of the molecule is CC(C)[C@H](C(=O)[O-])n1c(O)c(C2=c3cc(Br)ccc3=NC2=O)sc1=S. The van der Waals surface area contributed by atoms with Crippen LogP contribution >= 0.6 is 39.5 Å². The minimum atomic E-state index is -1.35. The minimum absolute atomic E-state index is 0.152. The van der Waals surface area contributed by atoms with Gasteiger partial charge in [-0.25, -0.2) is 4.99 Å². The van der Waals surface area contributed by atoms with Crippen LogP contribution in [0, 0.1) is 9.87 Å². The summed E-state index contributed by atoms with van der Waals surface area (Å²) in [6.07, 6.45) is 0. The summed E-state index contributed by atoms with van der Waals surface area (Å²) in [4.78, 5) is 28.0. The van der Waals surface area contributed by atoms with E-state index in [1.807, 2.05) is 0 Å². The zero-order valence-electron chi connectivity index (χ0n) is 13.1. The molecule has 2 heterocycles. The molecule has 9 heteroatoms. The van der Waals surface area contributed by atoms with Crippen LogP contribution in [0.4, 0.5) is 0 Å². The van der Waals surface area contributed by atoms with E-state index in [1.165, 1.54) is 0 Å². The number of hydrogen-bond donors (Lipinski definition) is 1. The number of fused-ring (bicyclic) bond motifs is 1. The summed E-state index contributed by atoms with van der Waals surface area (Å²) in [6.45, 7) is 3.38. The van der Waals surface area contributed by atoms with Gasteiger partial charge in [0.05, 0.1) is 22.9 Å². The third-order valence-corrected chi connectivity index (χ3v) is 5.76. The van der Waals surface area contributed by atoms with Crippen LogP contribution in [0.2, 0.25) is 0 Å². The number of carbonyl (C=O) groups excluding carboxylic acids is 2. The maximum atomic E-state index is 12.4. The molecule has 0 unspecified atom stereocenters. The average Bonchev–Trinajstić information content (AvgIpc) is 2.96. The highest BCUT2D eigenvalue weighted by Gasteiger charge is 2.29. The number of aliphatic carboxylic acids is 1. The van der Waals surface area contributed by atoms with Gasteiger partial charge in [0, 0.05) is 9.69 Å². The van der Waals surface area contributed by atoms with Crippen LogP contribution in [-0.4, -0.2) is 21.6 Å². The molecule has 1 aliphatic heterocycles. The standard InChI is InChI=1S/C16H13BrN2O4S2/c1-6(2)11(15(22)23)19-14(21)12(25-16(19)24)10-8-5-7(17)3-4-9(8)18-13(10)20/h3-6,11,21H,1-2H3,(H,22,23)/p-1/t11-/m1/s1. The molecule has 3 rings (SSSR count). The third-order valence-electron chi connectivity index (χ3n) is 3.86. The number of aromatic hydroxyl groups is 1. The zero-order valence-corrected chi connectivity index (χ0v) is 16.4. The van der Waals surface area contributed by atoms with Crippen molar-refractivity contribution in [3.8, 4) is 5.88 Å². The van der Waals surface area contributed by atoms with Crippen LogP contribution in [0.25, 0.3) is 5.57 Å². The molecule has 130 valence electrons. The second-order valence-electron chi connectivity index (χ2n) is 5.85. The molecule has 1 aromatic heterocycles. The number of nitrogens with zero attached hydrogens (tertiary/aromatic N) is 2. The Morgan fingerprint density at radius 1 is 1.44 bits per heavy atom. The molecule has 1 aliphatic rings. The molecule has 0 aliphatic carbocycles. The zero-order chi connectivity index (χ0) is 18.5. The van der Waals surface area contributed by atoms with Gasteiger partial charge < -0.3 is 15.0 Å². The smallest absolute Gasteiger partial charge is 0.279 e. The number of carbonyl (C=O) groups is 2. The second-order valence-corrected chi connectivity index (χ2v) is 8.41. The predicted molar refractivity (Wildman–Crippen MR) is 96.1 cm³/mol. The first kappa shape index (κ1) is 18.0. The molecule has 0 spiro atoms. The topological polar surface area (TPSA) is 94.7 Å². The average molecular weight is 440 g/mol. The summed E-state index contributed by atoms with van der Waals surface area (Å²) in [5, 5.41) is 23.2. The molecule has 1 aromatic carbocycles. The molecule has 0 saturated heterocycles. The molecular weight excluding hydrogens is 428 g/mol. The summed E-state index contributed by atoms with van der Waals surface area (Å²) in [5.74, 6) is -2.56. The summed E-state index contributed by atoms with van der Waals surface area (Å²) in [5.41, 5.74) is 0.213. The molecule has 0 bridgehead atoms.